The summed E-state index contributed by atoms with van der Waals surface area (Å²) >= 11 is 1.42. The smallest absolute Gasteiger partial charge is 0.340 e. The highest BCUT2D eigenvalue weighted by molar-refractivity contribution is 7.14. The van der Waals surface area contributed by atoms with Gasteiger partial charge in [0, 0.05) is 11.1 Å². The number of aromatic nitrogens is 2. The molecule has 3 aromatic rings. The number of aryl methyl sites for hydroxylation is 1. The summed E-state index contributed by atoms with van der Waals surface area (Å²) in [6.45, 7) is 5.69. The molecule has 0 radical (unpaired) electrons. The van der Waals surface area contributed by atoms with Crippen LogP contribution in [-0.2, 0) is 11.2 Å². The van der Waals surface area contributed by atoms with Crippen molar-refractivity contribution in [2.24, 2.45) is 0 Å². The third-order valence-corrected chi connectivity index (χ3v) is 5.03. The van der Waals surface area contributed by atoms with E-state index in [0.717, 1.165) is 17.0 Å². The van der Waals surface area contributed by atoms with Crippen LogP contribution in [-0.4, -0.2) is 28.5 Å². The Hall–Kier alpha value is -2.54. The van der Waals surface area contributed by atoms with Gasteiger partial charge in [0.15, 0.2) is 6.61 Å². The number of hydrogen-bond acceptors (Lipinski definition) is 7. The molecular weight excluding hydrogens is 340 g/mol. The number of pyridine rings is 1. The lowest BCUT2D eigenvalue weighted by atomic mass is 10.1. The molecule has 0 saturated heterocycles. The SMILES string of the molecule is CCc1ccc(C(=O)COC(=O)c2cnc3onc(C(C)C)c3c2)s1. The molecule has 0 aromatic carbocycles. The number of carbonyl (C=O) groups is 2. The largest absolute Gasteiger partial charge is 0.454 e. The Morgan fingerprint density at radius 3 is 2.80 bits per heavy atom. The van der Waals surface area contributed by atoms with Gasteiger partial charge in [0.1, 0.15) is 0 Å². The van der Waals surface area contributed by atoms with E-state index in [1.807, 2.05) is 26.8 Å². The van der Waals surface area contributed by atoms with Gasteiger partial charge in [0.25, 0.3) is 5.71 Å². The number of hydrogen-bond donors (Lipinski definition) is 0. The first-order valence-electron chi connectivity index (χ1n) is 8.04. The van der Waals surface area contributed by atoms with Crippen molar-refractivity contribution in [3.8, 4) is 0 Å². The number of thiophene rings is 1. The quantitative estimate of drug-likeness (QED) is 0.489. The zero-order valence-electron chi connectivity index (χ0n) is 14.2. The molecule has 3 heterocycles. The van der Waals surface area contributed by atoms with Crippen LogP contribution in [0.4, 0.5) is 0 Å². The fourth-order valence-corrected chi connectivity index (χ4v) is 3.25. The molecule has 0 aliphatic heterocycles. The Bertz CT molecular complexity index is 926. The molecule has 0 aliphatic rings. The Morgan fingerprint density at radius 1 is 1.32 bits per heavy atom. The van der Waals surface area contributed by atoms with E-state index in [0.29, 0.717) is 16.0 Å². The van der Waals surface area contributed by atoms with E-state index < -0.39 is 5.97 Å². The highest BCUT2D eigenvalue weighted by atomic mass is 32.1. The normalized spacial score (nSPS) is 11.2. The second kappa shape index (κ2) is 7.14. The van der Waals surface area contributed by atoms with Crippen molar-refractivity contribution in [1.29, 1.82) is 0 Å². The molecule has 0 unspecified atom stereocenters. The van der Waals surface area contributed by atoms with Gasteiger partial charge in [0.05, 0.1) is 21.5 Å². The molecule has 25 heavy (non-hydrogen) atoms. The number of ketones is 1. The highest BCUT2D eigenvalue weighted by Gasteiger charge is 2.18. The lowest BCUT2D eigenvalue weighted by Crippen LogP contribution is -2.13. The summed E-state index contributed by atoms with van der Waals surface area (Å²) in [6, 6.07) is 5.32. The maximum Gasteiger partial charge on any atom is 0.340 e. The first kappa shape index (κ1) is 17.3. The molecule has 3 aromatic heterocycles. The average molecular weight is 358 g/mol. The van der Waals surface area contributed by atoms with Gasteiger partial charge in [-0.05, 0) is 30.5 Å². The lowest BCUT2D eigenvalue weighted by molar-refractivity contribution is 0.0475. The number of rotatable bonds is 6. The highest BCUT2D eigenvalue weighted by Crippen LogP contribution is 2.24. The molecule has 0 amide bonds. The van der Waals surface area contributed by atoms with Crippen LogP contribution >= 0.6 is 11.3 Å². The van der Waals surface area contributed by atoms with Gasteiger partial charge < -0.3 is 9.26 Å². The predicted molar refractivity (Wildman–Crippen MR) is 94.2 cm³/mol. The van der Waals surface area contributed by atoms with E-state index in [1.165, 1.54) is 17.5 Å². The van der Waals surface area contributed by atoms with Crippen molar-refractivity contribution >= 4 is 34.2 Å². The van der Waals surface area contributed by atoms with Crippen LogP contribution in [0.5, 0.6) is 0 Å². The van der Waals surface area contributed by atoms with E-state index in [-0.39, 0.29) is 23.9 Å². The first-order valence-corrected chi connectivity index (χ1v) is 8.85. The zero-order valence-corrected chi connectivity index (χ0v) is 15.1. The minimum Gasteiger partial charge on any atom is -0.454 e. The van der Waals surface area contributed by atoms with Gasteiger partial charge in [-0.1, -0.05) is 25.9 Å². The number of nitrogens with zero attached hydrogens (tertiary/aromatic N) is 2. The summed E-state index contributed by atoms with van der Waals surface area (Å²) in [5, 5.41) is 4.66. The fourth-order valence-electron chi connectivity index (χ4n) is 2.38. The summed E-state index contributed by atoms with van der Waals surface area (Å²) in [4.78, 5) is 30.2. The van der Waals surface area contributed by atoms with Gasteiger partial charge in [-0.25, -0.2) is 9.78 Å². The maximum absolute atomic E-state index is 12.2. The second-order valence-electron chi connectivity index (χ2n) is 5.92. The van der Waals surface area contributed by atoms with Crippen molar-refractivity contribution in [1.82, 2.24) is 10.1 Å². The molecule has 6 nitrogen and oxygen atoms in total. The molecule has 0 aliphatic carbocycles. The number of ether oxygens (including phenoxy) is 1. The number of Topliss-reactive ketones (excluding diaryl/α,β-unsaturated/α-hetero) is 1. The van der Waals surface area contributed by atoms with Gasteiger partial charge in [-0.15, -0.1) is 11.3 Å². The number of esters is 1. The lowest BCUT2D eigenvalue weighted by Gasteiger charge is -2.04. The van der Waals surface area contributed by atoms with Gasteiger partial charge in [0.2, 0.25) is 5.78 Å². The van der Waals surface area contributed by atoms with Gasteiger partial charge in [-0.2, -0.15) is 0 Å². The summed E-state index contributed by atoms with van der Waals surface area (Å²) < 4.78 is 10.3. The molecule has 0 N–H and O–H groups in total. The molecule has 3 rings (SSSR count). The van der Waals surface area contributed by atoms with Gasteiger partial charge in [-0.3, -0.25) is 4.79 Å². The first-order chi connectivity index (χ1) is 12.0. The van der Waals surface area contributed by atoms with E-state index in [9.17, 15) is 9.59 Å². The maximum atomic E-state index is 12.2. The third kappa shape index (κ3) is 3.61. The molecule has 0 bridgehead atoms. The summed E-state index contributed by atoms with van der Waals surface area (Å²) in [6.07, 6.45) is 2.24. The van der Waals surface area contributed by atoms with Crippen LogP contribution < -0.4 is 0 Å². The zero-order chi connectivity index (χ0) is 18.0. The third-order valence-electron chi connectivity index (χ3n) is 3.76. The average Bonchev–Trinajstić information content (AvgIpc) is 3.25. The minimum absolute atomic E-state index is 0.141. The van der Waals surface area contributed by atoms with Crippen molar-refractivity contribution in [3.05, 3.63) is 45.4 Å². The van der Waals surface area contributed by atoms with Crippen LogP contribution in [0.25, 0.3) is 11.1 Å². The molecule has 0 fully saturated rings. The minimum atomic E-state index is -0.592. The number of fused-ring (bicyclic) bond motifs is 1. The predicted octanol–water partition coefficient (Wildman–Crippen LogP) is 4.01. The van der Waals surface area contributed by atoms with E-state index in [4.69, 9.17) is 9.26 Å². The Labute approximate surface area is 148 Å². The van der Waals surface area contributed by atoms with Crippen LogP contribution in [0, 0.1) is 0 Å². The van der Waals surface area contributed by atoms with Gasteiger partial charge >= 0.3 is 5.97 Å². The molecule has 130 valence electrons. The van der Waals surface area contributed by atoms with Crippen molar-refractivity contribution in [3.63, 3.8) is 0 Å². The Morgan fingerprint density at radius 2 is 2.12 bits per heavy atom. The van der Waals surface area contributed by atoms with E-state index in [1.54, 1.807) is 12.1 Å². The Balaban J connectivity index is 1.71. The van der Waals surface area contributed by atoms with Crippen LogP contribution in [0.2, 0.25) is 0 Å². The van der Waals surface area contributed by atoms with Crippen LogP contribution in [0.1, 0.15) is 57.3 Å². The monoisotopic (exact) mass is 358 g/mol. The van der Waals surface area contributed by atoms with Crippen LogP contribution in [0.3, 0.4) is 0 Å². The van der Waals surface area contributed by atoms with E-state index >= 15 is 0 Å². The van der Waals surface area contributed by atoms with Crippen LogP contribution in [0.15, 0.2) is 28.9 Å². The molecule has 0 spiro atoms. The van der Waals surface area contributed by atoms with E-state index in [2.05, 4.69) is 10.1 Å². The van der Waals surface area contributed by atoms with Crippen molar-refractivity contribution < 1.29 is 18.8 Å². The van der Waals surface area contributed by atoms with Crippen molar-refractivity contribution in [2.75, 3.05) is 6.61 Å². The topological polar surface area (TPSA) is 82.3 Å². The summed E-state index contributed by atoms with van der Waals surface area (Å²) in [5.41, 5.74) is 1.38. The van der Waals surface area contributed by atoms with Crippen molar-refractivity contribution in [2.45, 2.75) is 33.1 Å². The molecule has 7 heteroatoms. The second-order valence-corrected chi connectivity index (χ2v) is 7.09. The summed E-state index contributed by atoms with van der Waals surface area (Å²) in [5.74, 6) is -0.659. The summed E-state index contributed by atoms with van der Waals surface area (Å²) in [7, 11) is 0. The molecule has 0 atom stereocenters. The molecular formula is C18H18N2O4S. The molecule has 0 saturated carbocycles. The fraction of sp³-hybridized carbons (Fsp3) is 0.333. The Kier molecular flexibility index (Phi) is 4.94. The standard InChI is InChI=1S/C18H18N2O4S/c1-4-12-5-6-15(25-12)14(21)9-23-18(22)11-7-13-16(10(2)3)20-24-17(13)19-8-11/h5-8,10H,4,9H2,1-3H3. The number of carbonyl (C=O) groups excluding carboxylic acids is 2.